The highest BCUT2D eigenvalue weighted by molar-refractivity contribution is 6.42. The number of halogens is 2. The second kappa shape index (κ2) is 4.73. The molecule has 0 aliphatic carbocycles. The van der Waals surface area contributed by atoms with Gasteiger partial charge in [0.1, 0.15) is 25.0 Å². The topological polar surface area (TPSA) is 30.8 Å². The summed E-state index contributed by atoms with van der Waals surface area (Å²) >= 11 is 11.6. The zero-order valence-electron chi connectivity index (χ0n) is 7.74. The molecule has 15 heavy (non-hydrogen) atoms. The highest BCUT2D eigenvalue weighted by Gasteiger charge is 2.13. The molecular weight excluding hydrogens is 237 g/mol. The van der Waals surface area contributed by atoms with Crippen LogP contribution < -0.4 is 4.74 Å². The first-order valence-corrected chi connectivity index (χ1v) is 5.16. The van der Waals surface area contributed by atoms with Crippen molar-refractivity contribution in [3.63, 3.8) is 0 Å². The summed E-state index contributed by atoms with van der Waals surface area (Å²) in [5.41, 5.74) is 0. The Balaban J connectivity index is 1.93. The SMILES string of the molecule is Clc1ccc(OCC2CO[C]=N2)cc1Cl. The van der Waals surface area contributed by atoms with Crippen molar-refractivity contribution in [2.24, 2.45) is 4.99 Å². The van der Waals surface area contributed by atoms with Gasteiger partial charge in [-0.05, 0) is 12.1 Å². The first-order valence-electron chi connectivity index (χ1n) is 4.40. The largest absolute Gasteiger partial charge is 0.491 e. The number of hydrogen-bond acceptors (Lipinski definition) is 3. The van der Waals surface area contributed by atoms with Gasteiger partial charge in [-0.25, -0.2) is 4.99 Å². The number of rotatable bonds is 3. The lowest BCUT2D eigenvalue weighted by atomic mass is 10.3. The molecule has 3 nitrogen and oxygen atoms in total. The first kappa shape index (κ1) is 10.6. The van der Waals surface area contributed by atoms with Crippen LogP contribution in [0.2, 0.25) is 10.0 Å². The van der Waals surface area contributed by atoms with Gasteiger partial charge in [0.2, 0.25) is 0 Å². The fourth-order valence-electron chi connectivity index (χ4n) is 1.13. The molecule has 0 amide bonds. The van der Waals surface area contributed by atoms with Gasteiger partial charge in [0, 0.05) is 6.07 Å². The van der Waals surface area contributed by atoms with Gasteiger partial charge < -0.3 is 9.47 Å². The van der Waals surface area contributed by atoms with Gasteiger partial charge in [0.15, 0.2) is 0 Å². The highest BCUT2D eigenvalue weighted by atomic mass is 35.5. The molecule has 0 saturated heterocycles. The molecule has 1 atom stereocenters. The van der Waals surface area contributed by atoms with Crippen LogP contribution in [0.1, 0.15) is 0 Å². The quantitative estimate of drug-likeness (QED) is 0.819. The van der Waals surface area contributed by atoms with Gasteiger partial charge in [-0.1, -0.05) is 23.2 Å². The number of aliphatic imine (C=N–C) groups is 1. The summed E-state index contributed by atoms with van der Waals surface area (Å²) in [5.74, 6) is 0.673. The number of ether oxygens (including phenoxy) is 2. The Bertz CT molecular complexity index is 382. The van der Waals surface area contributed by atoms with Crippen molar-refractivity contribution in [2.75, 3.05) is 13.2 Å². The minimum absolute atomic E-state index is 0.0134. The molecule has 1 unspecified atom stereocenters. The molecule has 1 aromatic rings. The molecule has 2 rings (SSSR count). The van der Waals surface area contributed by atoms with E-state index in [-0.39, 0.29) is 6.04 Å². The van der Waals surface area contributed by atoms with Crippen LogP contribution in [-0.4, -0.2) is 25.7 Å². The Morgan fingerprint density at radius 2 is 2.33 bits per heavy atom. The summed E-state index contributed by atoms with van der Waals surface area (Å²) in [7, 11) is 0. The molecule has 0 fully saturated rings. The fraction of sp³-hybridized carbons (Fsp3) is 0.300. The van der Waals surface area contributed by atoms with E-state index < -0.39 is 0 Å². The molecule has 0 bridgehead atoms. The maximum atomic E-state index is 5.84. The third-order valence-corrected chi connectivity index (χ3v) is 2.65. The van der Waals surface area contributed by atoms with E-state index >= 15 is 0 Å². The molecule has 0 N–H and O–H groups in total. The normalized spacial score (nSPS) is 18.9. The summed E-state index contributed by atoms with van der Waals surface area (Å²) < 4.78 is 10.3. The van der Waals surface area contributed by atoms with Crippen molar-refractivity contribution in [1.82, 2.24) is 0 Å². The van der Waals surface area contributed by atoms with Crippen LogP contribution in [0.5, 0.6) is 5.75 Å². The number of nitrogens with zero attached hydrogens (tertiary/aromatic N) is 1. The summed E-state index contributed by atoms with van der Waals surface area (Å²) in [5, 5.41) is 0.992. The maximum Gasteiger partial charge on any atom is 0.273 e. The predicted molar refractivity (Wildman–Crippen MR) is 59.1 cm³/mol. The van der Waals surface area contributed by atoms with Crippen molar-refractivity contribution in [3.05, 3.63) is 28.2 Å². The van der Waals surface area contributed by atoms with Gasteiger partial charge in [-0.3, -0.25) is 0 Å². The zero-order chi connectivity index (χ0) is 10.7. The van der Waals surface area contributed by atoms with E-state index in [1.54, 1.807) is 18.2 Å². The Morgan fingerprint density at radius 3 is 3.00 bits per heavy atom. The molecule has 0 spiro atoms. The smallest absolute Gasteiger partial charge is 0.273 e. The summed E-state index contributed by atoms with van der Waals surface area (Å²) in [6, 6.07) is 5.14. The molecule has 5 heteroatoms. The Hall–Kier alpha value is -0.930. The van der Waals surface area contributed by atoms with E-state index in [0.717, 1.165) is 0 Å². The zero-order valence-corrected chi connectivity index (χ0v) is 9.26. The summed E-state index contributed by atoms with van der Waals surface area (Å²) in [4.78, 5) is 3.93. The molecule has 1 heterocycles. The van der Waals surface area contributed by atoms with Crippen molar-refractivity contribution in [2.45, 2.75) is 6.04 Å². The van der Waals surface area contributed by atoms with Crippen LogP contribution in [0.15, 0.2) is 23.2 Å². The molecule has 1 radical (unpaired) electrons. The highest BCUT2D eigenvalue weighted by Crippen LogP contribution is 2.26. The minimum Gasteiger partial charge on any atom is -0.491 e. The van der Waals surface area contributed by atoms with Gasteiger partial charge in [-0.2, -0.15) is 0 Å². The first-order chi connectivity index (χ1) is 7.25. The van der Waals surface area contributed by atoms with Gasteiger partial charge in [-0.15, -0.1) is 0 Å². The van der Waals surface area contributed by atoms with E-state index in [4.69, 9.17) is 32.7 Å². The maximum absolute atomic E-state index is 5.84. The van der Waals surface area contributed by atoms with Crippen LogP contribution in [0.3, 0.4) is 0 Å². The van der Waals surface area contributed by atoms with Gasteiger partial charge in [0.25, 0.3) is 6.40 Å². The third kappa shape index (κ3) is 2.76. The van der Waals surface area contributed by atoms with Crippen molar-refractivity contribution in [1.29, 1.82) is 0 Å². The minimum atomic E-state index is 0.0134. The molecule has 1 aromatic carbocycles. The van der Waals surface area contributed by atoms with Crippen LogP contribution in [0, 0.1) is 0 Å². The summed E-state index contributed by atoms with van der Waals surface area (Å²) in [6.45, 7) is 0.965. The van der Waals surface area contributed by atoms with Crippen LogP contribution in [0.25, 0.3) is 0 Å². The molecule has 1 aliphatic rings. The lowest BCUT2D eigenvalue weighted by Crippen LogP contribution is -2.16. The lowest BCUT2D eigenvalue weighted by molar-refractivity contribution is 0.246. The van der Waals surface area contributed by atoms with Crippen LogP contribution in [-0.2, 0) is 4.74 Å². The third-order valence-electron chi connectivity index (χ3n) is 1.91. The molecule has 0 aromatic heterocycles. The molecule has 0 saturated carbocycles. The van der Waals surface area contributed by atoms with E-state index in [9.17, 15) is 0 Å². The molecular formula is C10H8Cl2NO2. The summed E-state index contributed by atoms with van der Waals surface area (Å²) in [6.07, 6.45) is 2.43. The second-order valence-electron chi connectivity index (χ2n) is 3.07. The molecule has 1 aliphatic heterocycles. The number of benzene rings is 1. The molecule has 79 valence electrons. The van der Waals surface area contributed by atoms with E-state index in [0.29, 0.717) is 29.0 Å². The standard InChI is InChI=1S/C10H8Cl2NO2/c11-9-2-1-8(3-10(9)12)15-5-7-4-14-6-13-7/h1-3,7H,4-5H2. The number of hydrogen-bond donors (Lipinski definition) is 0. The average Bonchev–Trinajstić information content (AvgIpc) is 2.73. The van der Waals surface area contributed by atoms with E-state index in [1.807, 2.05) is 0 Å². The monoisotopic (exact) mass is 244 g/mol. The Kier molecular flexibility index (Phi) is 3.34. The lowest BCUT2D eigenvalue weighted by Gasteiger charge is -2.09. The van der Waals surface area contributed by atoms with Crippen LogP contribution in [0.4, 0.5) is 0 Å². The predicted octanol–water partition coefficient (Wildman–Crippen LogP) is 2.68. The van der Waals surface area contributed by atoms with Gasteiger partial charge in [0.05, 0.1) is 10.0 Å². The van der Waals surface area contributed by atoms with Crippen molar-refractivity contribution in [3.8, 4) is 5.75 Å². The van der Waals surface area contributed by atoms with E-state index in [2.05, 4.69) is 11.4 Å². The average molecular weight is 245 g/mol. The van der Waals surface area contributed by atoms with E-state index in [1.165, 1.54) is 0 Å². The fourth-order valence-corrected chi connectivity index (χ4v) is 1.42. The van der Waals surface area contributed by atoms with Crippen molar-refractivity contribution >= 4 is 29.6 Å². The Morgan fingerprint density at radius 1 is 1.47 bits per heavy atom. The van der Waals surface area contributed by atoms with Gasteiger partial charge >= 0.3 is 0 Å². The van der Waals surface area contributed by atoms with Crippen molar-refractivity contribution < 1.29 is 9.47 Å². The second-order valence-corrected chi connectivity index (χ2v) is 3.89. The van der Waals surface area contributed by atoms with Crippen LogP contribution >= 0.6 is 23.2 Å². The Labute approximate surface area is 97.6 Å².